The number of nitrogens with zero attached hydrogens (tertiary/aromatic N) is 4. The van der Waals surface area contributed by atoms with Crippen LogP contribution in [0.4, 0.5) is 5.82 Å². The highest BCUT2D eigenvalue weighted by atomic mass is 32.2. The molecule has 2 heterocycles. The van der Waals surface area contributed by atoms with Crippen molar-refractivity contribution >= 4 is 34.5 Å². The topological polar surface area (TPSA) is 103 Å². The Balaban J connectivity index is 1.57. The first-order valence-electron chi connectivity index (χ1n) is 11.6. The van der Waals surface area contributed by atoms with Crippen LogP contribution < -0.4 is 15.4 Å². The largest absolute Gasteiger partial charge is 0.484 e. The molecule has 0 aliphatic heterocycles. The van der Waals surface area contributed by atoms with Crippen LogP contribution >= 0.6 is 11.8 Å². The molecule has 0 aliphatic carbocycles. The molecule has 2 N–H and O–H groups in total. The summed E-state index contributed by atoms with van der Waals surface area (Å²) in [6, 6.07) is 7.83. The van der Waals surface area contributed by atoms with Crippen LogP contribution in [0.5, 0.6) is 5.75 Å². The van der Waals surface area contributed by atoms with Crippen molar-refractivity contribution in [2.45, 2.75) is 44.8 Å². The van der Waals surface area contributed by atoms with Gasteiger partial charge in [-0.3, -0.25) is 4.79 Å². The third-order valence-electron chi connectivity index (χ3n) is 5.07. The van der Waals surface area contributed by atoms with Crippen LogP contribution in [-0.4, -0.2) is 64.8 Å². The van der Waals surface area contributed by atoms with Gasteiger partial charge in [-0.2, -0.15) is 5.10 Å². The molecule has 1 aromatic carbocycles. The Labute approximate surface area is 205 Å². The van der Waals surface area contributed by atoms with Gasteiger partial charge >= 0.3 is 0 Å². The van der Waals surface area contributed by atoms with Gasteiger partial charge in [0.2, 0.25) is 0 Å². The summed E-state index contributed by atoms with van der Waals surface area (Å²) in [6.45, 7) is 8.50. The lowest BCUT2D eigenvalue weighted by Gasteiger charge is -2.10. The third-order valence-corrected chi connectivity index (χ3v) is 6.13. The summed E-state index contributed by atoms with van der Waals surface area (Å²) in [5.41, 5.74) is 1.98. The predicted octanol–water partition coefficient (Wildman–Crippen LogP) is 3.71. The van der Waals surface area contributed by atoms with Crippen LogP contribution in [-0.2, 0) is 16.1 Å². The van der Waals surface area contributed by atoms with Crippen LogP contribution in [0.1, 0.15) is 38.7 Å². The normalized spacial score (nSPS) is 11.2. The second kappa shape index (κ2) is 13.1. The Morgan fingerprint density at radius 1 is 1.18 bits per heavy atom. The van der Waals surface area contributed by atoms with Gasteiger partial charge in [-0.15, -0.1) is 0 Å². The number of benzene rings is 1. The standard InChI is InChI=1S/C24H34N6O3S/c1-5-14-34-24-28-22(26-11-13-32-4)20-15-27-30(23(20)29-24)12-10-25-21(31)16-33-19-8-6-18(7-9-19)17(2)3/h6-9,15,17H,5,10-14,16H2,1-4H3,(H,25,31)(H,26,28,29). The highest BCUT2D eigenvalue weighted by Crippen LogP contribution is 2.24. The number of hydrogen-bond donors (Lipinski definition) is 2. The molecule has 3 aromatic rings. The van der Waals surface area contributed by atoms with Gasteiger partial charge in [0.1, 0.15) is 11.6 Å². The zero-order valence-corrected chi connectivity index (χ0v) is 21.2. The molecule has 0 saturated carbocycles. The average molecular weight is 487 g/mol. The molecule has 184 valence electrons. The Morgan fingerprint density at radius 3 is 2.68 bits per heavy atom. The Kier molecular flexibility index (Phi) is 9.96. The zero-order valence-electron chi connectivity index (χ0n) is 20.3. The molecule has 0 fully saturated rings. The molecule has 34 heavy (non-hydrogen) atoms. The summed E-state index contributed by atoms with van der Waals surface area (Å²) >= 11 is 1.62. The van der Waals surface area contributed by atoms with E-state index in [-0.39, 0.29) is 12.5 Å². The second-order valence-electron chi connectivity index (χ2n) is 8.09. The van der Waals surface area contributed by atoms with E-state index in [1.165, 1.54) is 5.56 Å². The molecule has 2 aromatic heterocycles. The van der Waals surface area contributed by atoms with Crippen molar-refractivity contribution in [3.63, 3.8) is 0 Å². The van der Waals surface area contributed by atoms with Gasteiger partial charge in [-0.25, -0.2) is 14.6 Å². The lowest BCUT2D eigenvalue weighted by Crippen LogP contribution is -2.31. The Hall–Kier alpha value is -2.85. The van der Waals surface area contributed by atoms with E-state index in [4.69, 9.17) is 14.5 Å². The SMILES string of the molecule is CCCSc1nc(NCCOC)c2cnn(CCNC(=O)COc3ccc(C(C)C)cc3)c2n1. The second-order valence-corrected chi connectivity index (χ2v) is 9.15. The van der Waals surface area contributed by atoms with Crippen molar-refractivity contribution in [3.8, 4) is 5.75 Å². The number of anilines is 1. The van der Waals surface area contributed by atoms with Gasteiger partial charge in [0, 0.05) is 26.0 Å². The van der Waals surface area contributed by atoms with E-state index in [1.54, 1.807) is 29.8 Å². The molecule has 0 saturated heterocycles. The van der Waals surface area contributed by atoms with Gasteiger partial charge in [-0.1, -0.05) is 44.7 Å². The summed E-state index contributed by atoms with van der Waals surface area (Å²) in [7, 11) is 1.67. The summed E-state index contributed by atoms with van der Waals surface area (Å²) in [5.74, 6) is 2.64. The number of thioether (sulfide) groups is 1. The van der Waals surface area contributed by atoms with Gasteiger partial charge in [-0.05, 0) is 30.0 Å². The molecule has 0 atom stereocenters. The first-order valence-corrected chi connectivity index (χ1v) is 12.6. The maximum atomic E-state index is 12.2. The maximum absolute atomic E-state index is 12.2. The van der Waals surface area contributed by atoms with E-state index in [9.17, 15) is 4.79 Å². The van der Waals surface area contributed by atoms with Crippen molar-refractivity contribution < 1.29 is 14.3 Å². The van der Waals surface area contributed by atoms with Gasteiger partial charge in [0.15, 0.2) is 17.4 Å². The fraction of sp³-hybridized carbons (Fsp3) is 0.500. The molecule has 0 aliphatic rings. The fourth-order valence-electron chi connectivity index (χ4n) is 3.21. The van der Waals surface area contributed by atoms with Crippen molar-refractivity contribution in [1.82, 2.24) is 25.1 Å². The number of carbonyl (C=O) groups is 1. The first-order chi connectivity index (χ1) is 16.5. The highest BCUT2D eigenvalue weighted by molar-refractivity contribution is 7.99. The zero-order chi connectivity index (χ0) is 24.3. The van der Waals surface area contributed by atoms with Gasteiger partial charge in [0.05, 0.1) is 24.7 Å². The van der Waals surface area contributed by atoms with Crippen LogP contribution in [0.15, 0.2) is 35.6 Å². The van der Waals surface area contributed by atoms with Crippen LogP contribution in [0.3, 0.4) is 0 Å². The molecule has 0 bridgehead atoms. The fourth-order valence-corrected chi connectivity index (χ4v) is 3.91. The van der Waals surface area contributed by atoms with E-state index in [2.05, 4.69) is 41.5 Å². The van der Waals surface area contributed by atoms with Crippen molar-refractivity contribution in [2.24, 2.45) is 0 Å². The highest BCUT2D eigenvalue weighted by Gasteiger charge is 2.13. The number of nitrogens with one attached hydrogen (secondary N) is 2. The van der Waals surface area contributed by atoms with E-state index in [0.29, 0.717) is 43.1 Å². The summed E-state index contributed by atoms with van der Waals surface area (Å²) in [4.78, 5) is 21.6. The average Bonchev–Trinajstić information content (AvgIpc) is 3.25. The Morgan fingerprint density at radius 2 is 1.97 bits per heavy atom. The minimum absolute atomic E-state index is 0.0333. The molecule has 0 radical (unpaired) electrons. The van der Waals surface area contributed by atoms with E-state index >= 15 is 0 Å². The van der Waals surface area contributed by atoms with Crippen LogP contribution in [0.25, 0.3) is 11.0 Å². The van der Waals surface area contributed by atoms with E-state index in [0.717, 1.165) is 29.0 Å². The summed E-state index contributed by atoms with van der Waals surface area (Å²) < 4.78 is 12.5. The van der Waals surface area contributed by atoms with E-state index in [1.807, 2.05) is 24.3 Å². The van der Waals surface area contributed by atoms with Crippen molar-refractivity contribution in [1.29, 1.82) is 0 Å². The predicted molar refractivity (Wildman–Crippen MR) is 136 cm³/mol. The number of aromatic nitrogens is 4. The molecule has 3 rings (SSSR count). The van der Waals surface area contributed by atoms with Crippen LogP contribution in [0, 0.1) is 0 Å². The summed E-state index contributed by atoms with van der Waals surface area (Å²) in [6.07, 6.45) is 2.79. The monoisotopic (exact) mass is 486 g/mol. The maximum Gasteiger partial charge on any atom is 0.258 e. The number of rotatable bonds is 14. The molecule has 1 amide bonds. The van der Waals surface area contributed by atoms with Crippen molar-refractivity contribution in [3.05, 3.63) is 36.0 Å². The molecular weight excluding hydrogens is 452 g/mol. The number of fused-ring (bicyclic) bond motifs is 1. The van der Waals surface area contributed by atoms with Gasteiger partial charge in [0.25, 0.3) is 5.91 Å². The number of amides is 1. The lowest BCUT2D eigenvalue weighted by atomic mass is 10.0. The Bertz CT molecular complexity index is 1050. The van der Waals surface area contributed by atoms with Crippen molar-refractivity contribution in [2.75, 3.05) is 44.5 Å². The number of ether oxygens (including phenoxy) is 2. The minimum atomic E-state index is -0.180. The third kappa shape index (κ3) is 7.33. The first kappa shape index (κ1) is 25.8. The summed E-state index contributed by atoms with van der Waals surface area (Å²) in [5, 5.41) is 12.2. The number of hydrogen-bond acceptors (Lipinski definition) is 8. The number of carbonyl (C=O) groups excluding carboxylic acids is 1. The van der Waals surface area contributed by atoms with Crippen LogP contribution in [0.2, 0.25) is 0 Å². The molecule has 0 spiro atoms. The van der Waals surface area contributed by atoms with E-state index < -0.39 is 0 Å². The smallest absolute Gasteiger partial charge is 0.258 e. The molecule has 0 unspecified atom stereocenters. The molecular formula is C24H34N6O3S. The minimum Gasteiger partial charge on any atom is -0.484 e. The molecule has 9 nitrogen and oxygen atoms in total. The molecule has 10 heteroatoms. The van der Waals surface area contributed by atoms with Gasteiger partial charge < -0.3 is 20.1 Å². The number of methoxy groups -OCH3 is 1. The quantitative estimate of drug-likeness (QED) is 0.202. The lowest BCUT2D eigenvalue weighted by molar-refractivity contribution is -0.123.